The molecule has 0 radical (unpaired) electrons. The average Bonchev–Trinajstić information content (AvgIpc) is 3.61. The van der Waals surface area contributed by atoms with Gasteiger partial charge < -0.3 is 20.7 Å². The van der Waals surface area contributed by atoms with E-state index in [0.717, 1.165) is 31.2 Å². The van der Waals surface area contributed by atoms with Crippen molar-refractivity contribution in [1.29, 1.82) is 0 Å². The van der Waals surface area contributed by atoms with Crippen LogP contribution in [0, 0.1) is 11.7 Å². The fraction of sp³-hybridized carbons (Fsp3) is 0.182. The maximum absolute atomic E-state index is 14.5. The Bertz CT molecular complexity index is 1230. The molecular weight excluding hydrogens is 458 g/mol. The molecule has 3 N–H and O–H groups in total. The normalized spacial score (nSPS) is 13.2. The van der Waals surface area contributed by atoms with Gasteiger partial charge in [-0.3, -0.25) is 9.78 Å². The molecule has 2 heterocycles. The van der Waals surface area contributed by atoms with E-state index < -0.39 is 23.6 Å². The second-order valence-electron chi connectivity index (χ2n) is 7.43. The van der Waals surface area contributed by atoms with Crippen molar-refractivity contribution in [1.82, 2.24) is 9.97 Å². The number of hydrogen-bond acceptors (Lipinski definition) is 5. The number of urea groups is 1. The minimum atomic E-state index is -4.61. The summed E-state index contributed by atoms with van der Waals surface area (Å²) in [5.74, 6) is -0.599. The fourth-order valence-corrected chi connectivity index (χ4v) is 2.86. The van der Waals surface area contributed by atoms with Gasteiger partial charge in [-0.25, -0.2) is 14.2 Å². The third kappa shape index (κ3) is 5.97. The summed E-state index contributed by atoms with van der Waals surface area (Å²) in [5.41, 5.74) is -1.17. The highest BCUT2D eigenvalue weighted by Gasteiger charge is 2.31. The second-order valence-corrected chi connectivity index (χ2v) is 7.43. The highest BCUT2D eigenvalue weighted by atomic mass is 19.4. The molecule has 0 unspecified atom stereocenters. The van der Waals surface area contributed by atoms with Crippen LogP contribution in [0.25, 0.3) is 0 Å². The zero-order valence-corrected chi connectivity index (χ0v) is 17.3. The number of halogens is 4. The number of alkyl halides is 3. The molecule has 12 heteroatoms. The molecule has 8 nitrogen and oxygen atoms in total. The number of anilines is 3. The molecule has 0 bridgehead atoms. The molecule has 0 saturated heterocycles. The van der Waals surface area contributed by atoms with E-state index in [1.807, 2.05) is 0 Å². The first-order valence-corrected chi connectivity index (χ1v) is 10.0. The van der Waals surface area contributed by atoms with Gasteiger partial charge >= 0.3 is 12.2 Å². The van der Waals surface area contributed by atoms with Crippen LogP contribution in [0.5, 0.6) is 11.5 Å². The van der Waals surface area contributed by atoms with E-state index in [4.69, 9.17) is 4.74 Å². The van der Waals surface area contributed by atoms with Crippen molar-refractivity contribution in [3.05, 3.63) is 66.4 Å². The summed E-state index contributed by atoms with van der Waals surface area (Å²) < 4.78 is 58.3. The predicted molar refractivity (Wildman–Crippen MR) is 114 cm³/mol. The molecule has 0 atom stereocenters. The summed E-state index contributed by atoms with van der Waals surface area (Å²) in [6.07, 6.45) is 0.133. The van der Waals surface area contributed by atoms with E-state index >= 15 is 0 Å². The number of carbonyl (C=O) groups is 2. The molecule has 2 aromatic heterocycles. The number of rotatable bonds is 6. The van der Waals surface area contributed by atoms with Crippen LogP contribution < -0.4 is 20.7 Å². The zero-order chi connectivity index (χ0) is 24.3. The number of ether oxygens (including phenoxy) is 1. The Kier molecular flexibility index (Phi) is 6.30. The molecule has 34 heavy (non-hydrogen) atoms. The monoisotopic (exact) mass is 475 g/mol. The first-order valence-electron chi connectivity index (χ1n) is 10.0. The number of nitrogens with zero attached hydrogens (tertiary/aromatic N) is 2. The van der Waals surface area contributed by atoms with Gasteiger partial charge in [0, 0.05) is 36.1 Å². The number of nitrogens with one attached hydrogen (secondary N) is 3. The van der Waals surface area contributed by atoms with Gasteiger partial charge in [-0.05, 0) is 37.1 Å². The third-order valence-electron chi connectivity index (χ3n) is 4.67. The lowest BCUT2D eigenvalue weighted by molar-refractivity contribution is -0.137. The Labute approximate surface area is 190 Å². The van der Waals surface area contributed by atoms with Crippen molar-refractivity contribution in [3.63, 3.8) is 0 Å². The number of amides is 3. The Morgan fingerprint density at radius 1 is 0.971 bits per heavy atom. The fourth-order valence-electron chi connectivity index (χ4n) is 2.86. The lowest BCUT2D eigenvalue weighted by Gasteiger charge is -2.12. The maximum Gasteiger partial charge on any atom is 0.417 e. The Morgan fingerprint density at radius 2 is 1.74 bits per heavy atom. The van der Waals surface area contributed by atoms with Gasteiger partial charge in [0.05, 0.1) is 17.4 Å². The van der Waals surface area contributed by atoms with Crippen molar-refractivity contribution < 1.29 is 31.9 Å². The lowest BCUT2D eigenvalue weighted by Crippen LogP contribution is -2.20. The molecule has 4 rings (SSSR count). The van der Waals surface area contributed by atoms with Crippen molar-refractivity contribution in [2.24, 2.45) is 5.92 Å². The van der Waals surface area contributed by atoms with Gasteiger partial charge in [0.25, 0.3) is 0 Å². The van der Waals surface area contributed by atoms with Crippen LogP contribution in [0.1, 0.15) is 18.4 Å². The van der Waals surface area contributed by atoms with E-state index in [2.05, 4.69) is 25.9 Å². The third-order valence-corrected chi connectivity index (χ3v) is 4.67. The van der Waals surface area contributed by atoms with E-state index in [9.17, 15) is 27.2 Å². The molecular formula is C22H17F4N5O3. The van der Waals surface area contributed by atoms with Gasteiger partial charge in [0.1, 0.15) is 11.6 Å². The van der Waals surface area contributed by atoms with Crippen LogP contribution in [-0.4, -0.2) is 21.9 Å². The first kappa shape index (κ1) is 23.0. The van der Waals surface area contributed by atoms with Crippen molar-refractivity contribution >= 4 is 29.1 Å². The van der Waals surface area contributed by atoms with E-state index in [1.54, 1.807) is 0 Å². The summed E-state index contributed by atoms with van der Waals surface area (Å²) in [5, 5.41) is 7.18. The summed E-state index contributed by atoms with van der Waals surface area (Å²) >= 11 is 0. The molecule has 1 fully saturated rings. The van der Waals surface area contributed by atoms with Crippen LogP contribution in [0.4, 0.5) is 39.5 Å². The number of pyridine rings is 2. The molecule has 0 aliphatic heterocycles. The van der Waals surface area contributed by atoms with Crippen molar-refractivity contribution in [2.75, 3.05) is 16.0 Å². The highest BCUT2D eigenvalue weighted by Crippen LogP contribution is 2.32. The van der Waals surface area contributed by atoms with Crippen LogP contribution >= 0.6 is 0 Å². The molecule has 1 saturated carbocycles. The Morgan fingerprint density at radius 3 is 2.44 bits per heavy atom. The minimum absolute atomic E-state index is 0.00842. The average molecular weight is 475 g/mol. The van der Waals surface area contributed by atoms with Crippen LogP contribution in [0.2, 0.25) is 0 Å². The minimum Gasteiger partial charge on any atom is -0.454 e. The van der Waals surface area contributed by atoms with Crippen molar-refractivity contribution in [2.45, 2.75) is 19.0 Å². The number of carbonyl (C=O) groups excluding carboxylic acids is 2. The smallest absolute Gasteiger partial charge is 0.417 e. The topological polar surface area (TPSA) is 105 Å². The van der Waals surface area contributed by atoms with Gasteiger partial charge in [-0.1, -0.05) is 0 Å². The summed E-state index contributed by atoms with van der Waals surface area (Å²) in [7, 11) is 0. The quantitative estimate of drug-likeness (QED) is 0.413. The van der Waals surface area contributed by atoms with Gasteiger partial charge in [-0.2, -0.15) is 13.2 Å². The molecule has 1 aliphatic carbocycles. The van der Waals surface area contributed by atoms with Crippen LogP contribution in [0.15, 0.2) is 55.0 Å². The van der Waals surface area contributed by atoms with Crippen molar-refractivity contribution in [3.8, 4) is 11.5 Å². The molecule has 176 valence electrons. The number of aromatic nitrogens is 2. The molecule has 1 aromatic carbocycles. The van der Waals surface area contributed by atoms with E-state index in [1.165, 1.54) is 30.5 Å². The Balaban J connectivity index is 1.38. The van der Waals surface area contributed by atoms with Gasteiger partial charge in [0.15, 0.2) is 11.6 Å². The van der Waals surface area contributed by atoms with Gasteiger partial charge in [0.2, 0.25) is 5.91 Å². The highest BCUT2D eigenvalue weighted by molar-refractivity contribution is 5.99. The largest absolute Gasteiger partial charge is 0.454 e. The maximum atomic E-state index is 14.5. The second kappa shape index (κ2) is 9.33. The van der Waals surface area contributed by atoms with Crippen LogP contribution in [-0.2, 0) is 11.0 Å². The molecule has 1 aliphatic rings. The van der Waals surface area contributed by atoms with E-state index in [-0.39, 0.29) is 40.5 Å². The molecule has 0 spiro atoms. The SMILES string of the molecule is O=C(Nc1cncc(C(F)(F)F)c1)Nc1ccc(Oc2ccnc(NC(=O)C3CC3)c2)c(F)c1. The number of benzene rings is 1. The van der Waals surface area contributed by atoms with Crippen LogP contribution in [0.3, 0.4) is 0 Å². The first-order chi connectivity index (χ1) is 16.2. The summed E-state index contributed by atoms with van der Waals surface area (Å²) in [6, 6.07) is 6.35. The molecule has 3 aromatic rings. The number of hydrogen-bond donors (Lipinski definition) is 3. The van der Waals surface area contributed by atoms with E-state index in [0.29, 0.717) is 6.20 Å². The van der Waals surface area contributed by atoms with Gasteiger partial charge in [-0.15, -0.1) is 0 Å². The molecule has 3 amide bonds. The summed E-state index contributed by atoms with van der Waals surface area (Å²) in [4.78, 5) is 31.4. The predicted octanol–water partition coefficient (Wildman–Crippen LogP) is 5.42. The summed E-state index contributed by atoms with van der Waals surface area (Å²) in [6.45, 7) is 0. The Hall–Kier alpha value is -4.22. The zero-order valence-electron chi connectivity index (χ0n) is 17.3. The lowest BCUT2D eigenvalue weighted by atomic mass is 10.2. The standard InChI is InChI=1S/C22H17F4N5O3/c23-17-8-14(29-21(33)30-15-7-13(10-27-11-15)22(24,25)26)3-4-18(17)34-16-5-6-28-19(9-16)31-20(32)12-1-2-12/h3-12H,1-2H2,(H,28,31,32)(H2,29,30,33).